The summed E-state index contributed by atoms with van der Waals surface area (Å²) in [5.74, 6) is 1.46. The zero-order valence-electron chi connectivity index (χ0n) is 11.6. The van der Waals surface area contributed by atoms with Gasteiger partial charge < -0.3 is 5.32 Å². The van der Waals surface area contributed by atoms with Crippen molar-refractivity contribution in [1.29, 1.82) is 0 Å². The summed E-state index contributed by atoms with van der Waals surface area (Å²) in [6.07, 6.45) is 7.30. The van der Waals surface area contributed by atoms with Gasteiger partial charge in [-0.3, -0.25) is 4.98 Å². The molecule has 0 amide bonds. The smallest absolute Gasteiger partial charge is 0.0704 e. The molecule has 1 aliphatic carbocycles. The number of fused-ring (bicyclic) bond motifs is 1. The molecule has 2 nitrogen and oxygen atoms in total. The first kappa shape index (κ1) is 12.6. The van der Waals surface area contributed by atoms with Gasteiger partial charge in [-0.15, -0.1) is 0 Å². The second-order valence-electron chi connectivity index (χ2n) is 5.63. The van der Waals surface area contributed by atoms with Crippen molar-refractivity contribution in [1.82, 2.24) is 10.3 Å². The molecule has 2 atom stereocenters. The molecule has 1 fully saturated rings. The van der Waals surface area contributed by atoms with Crippen LogP contribution in [-0.4, -0.2) is 18.6 Å². The van der Waals surface area contributed by atoms with Crippen LogP contribution in [0.3, 0.4) is 0 Å². The maximum atomic E-state index is 4.49. The Kier molecular flexibility index (Phi) is 3.79. The molecule has 1 aliphatic rings. The molecular weight excluding hydrogens is 232 g/mol. The maximum absolute atomic E-state index is 4.49. The van der Waals surface area contributed by atoms with Crippen LogP contribution in [0.4, 0.5) is 0 Å². The Bertz CT molecular complexity index is 542. The molecular formula is C17H22N2. The summed E-state index contributed by atoms with van der Waals surface area (Å²) in [6.45, 7) is 1.13. The average Bonchev–Trinajstić information content (AvgIpc) is 2.48. The van der Waals surface area contributed by atoms with Crippen molar-refractivity contribution in [3.8, 4) is 0 Å². The normalized spacial score (nSPS) is 23.6. The SMILES string of the molecule is CNCC1CCCCC1c1cccc2ncccc12. The molecule has 1 aromatic carbocycles. The third-order valence-electron chi connectivity index (χ3n) is 4.45. The zero-order chi connectivity index (χ0) is 13.1. The van der Waals surface area contributed by atoms with E-state index in [0.717, 1.165) is 18.0 Å². The predicted molar refractivity (Wildman–Crippen MR) is 80.4 cm³/mol. The van der Waals surface area contributed by atoms with Gasteiger partial charge in [-0.2, -0.15) is 0 Å². The minimum atomic E-state index is 0.689. The fourth-order valence-electron chi connectivity index (χ4n) is 3.57. The van der Waals surface area contributed by atoms with Crippen LogP contribution in [0.2, 0.25) is 0 Å². The molecule has 1 saturated carbocycles. The fraction of sp³-hybridized carbons (Fsp3) is 0.471. The third kappa shape index (κ3) is 2.50. The molecule has 2 aromatic rings. The van der Waals surface area contributed by atoms with E-state index in [9.17, 15) is 0 Å². The van der Waals surface area contributed by atoms with Crippen LogP contribution in [0.1, 0.15) is 37.2 Å². The molecule has 19 heavy (non-hydrogen) atoms. The van der Waals surface area contributed by atoms with E-state index in [4.69, 9.17) is 0 Å². The van der Waals surface area contributed by atoms with Gasteiger partial charge in [-0.1, -0.05) is 31.0 Å². The van der Waals surface area contributed by atoms with Crippen molar-refractivity contribution < 1.29 is 0 Å². The summed E-state index contributed by atoms with van der Waals surface area (Å²) in [6, 6.07) is 10.9. The second-order valence-corrected chi connectivity index (χ2v) is 5.63. The van der Waals surface area contributed by atoms with E-state index in [-0.39, 0.29) is 0 Å². The standard InChI is InChI=1S/C17H22N2/c1-18-12-13-6-2-3-7-14(13)15-8-4-10-17-16(15)9-5-11-19-17/h4-5,8-11,13-14,18H,2-3,6-7,12H2,1H3. The van der Waals surface area contributed by atoms with Crippen molar-refractivity contribution in [3.05, 3.63) is 42.1 Å². The number of aromatic nitrogens is 1. The molecule has 0 saturated heterocycles. The molecule has 1 aromatic heterocycles. The van der Waals surface area contributed by atoms with Gasteiger partial charge in [-0.05, 0) is 56.0 Å². The van der Waals surface area contributed by atoms with E-state index in [1.807, 2.05) is 6.20 Å². The molecule has 1 heterocycles. The molecule has 2 heteroatoms. The van der Waals surface area contributed by atoms with Crippen LogP contribution >= 0.6 is 0 Å². The van der Waals surface area contributed by atoms with Crippen LogP contribution in [0.25, 0.3) is 10.9 Å². The Labute approximate surface area is 115 Å². The van der Waals surface area contributed by atoms with E-state index in [2.05, 4.69) is 47.7 Å². The maximum Gasteiger partial charge on any atom is 0.0704 e. The Morgan fingerprint density at radius 1 is 1.16 bits per heavy atom. The van der Waals surface area contributed by atoms with Crippen LogP contribution in [-0.2, 0) is 0 Å². The summed E-state index contributed by atoms with van der Waals surface area (Å²) in [5.41, 5.74) is 2.64. The van der Waals surface area contributed by atoms with Gasteiger partial charge in [0.2, 0.25) is 0 Å². The average molecular weight is 254 g/mol. The zero-order valence-corrected chi connectivity index (χ0v) is 11.6. The van der Waals surface area contributed by atoms with Crippen molar-refractivity contribution >= 4 is 10.9 Å². The van der Waals surface area contributed by atoms with Crippen LogP contribution < -0.4 is 5.32 Å². The van der Waals surface area contributed by atoms with Gasteiger partial charge in [0.25, 0.3) is 0 Å². The second kappa shape index (κ2) is 5.70. The summed E-state index contributed by atoms with van der Waals surface area (Å²) in [7, 11) is 2.07. The number of pyridine rings is 1. The number of hydrogen-bond acceptors (Lipinski definition) is 2. The van der Waals surface area contributed by atoms with Gasteiger partial charge in [0.05, 0.1) is 5.52 Å². The van der Waals surface area contributed by atoms with E-state index in [0.29, 0.717) is 5.92 Å². The van der Waals surface area contributed by atoms with Crippen LogP contribution in [0.5, 0.6) is 0 Å². The lowest BCUT2D eigenvalue weighted by molar-refractivity contribution is 0.302. The highest BCUT2D eigenvalue weighted by Crippen LogP contribution is 2.39. The highest BCUT2D eigenvalue weighted by Gasteiger charge is 2.26. The van der Waals surface area contributed by atoms with E-state index in [1.165, 1.54) is 36.6 Å². The highest BCUT2D eigenvalue weighted by molar-refractivity contribution is 5.82. The summed E-state index contributed by atoms with van der Waals surface area (Å²) in [5, 5.41) is 4.71. The van der Waals surface area contributed by atoms with Crippen molar-refractivity contribution in [2.24, 2.45) is 5.92 Å². The molecule has 100 valence electrons. The quantitative estimate of drug-likeness (QED) is 0.902. The van der Waals surface area contributed by atoms with Crippen molar-refractivity contribution in [3.63, 3.8) is 0 Å². The lowest BCUT2D eigenvalue weighted by Crippen LogP contribution is -2.27. The molecule has 0 bridgehead atoms. The Morgan fingerprint density at radius 2 is 2.05 bits per heavy atom. The van der Waals surface area contributed by atoms with Crippen LogP contribution in [0, 0.1) is 5.92 Å². The monoisotopic (exact) mass is 254 g/mol. The number of rotatable bonds is 3. The van der Waals surface area contributed by atoms with E-state index < -0.39 is 0 Å². The number of benzene rings is 1. The van der Waals surface area contributed by atoms with E-state index >= 15 is 0 Å². The first-order valence-corrected chi connectivity index (χ1v) is 7.38. The van der Waals surface area contributed by atoms with E-state index in [1.54, 1.807) is 0 Å². The summed E-state index contributed by atoms with van der Waals surface area (Å²) >= 11 is 0. The number of hydrogen-bond donors (Lipinski definition) is 1. The van der Waals surface area contributed by atoms with Gasteiger partial charge in [0.1, 0.15) is 0 Å². The molecule has 1 N–H and O–H groups in total. The summed E-state index contributed by atoms with van der Waals surface area (Å²) < 4.78 is 0. The molecule has 0 spiro atoms. The van der Waals surface area contributed by atoms with Crippen molar-refractivity contribution in [2.45, 2.75) is 31.6 Å². The lowest BCUT2D eigenvalue weighted by Gasteiger charge is -2.32. The Hall–Kier alpha value is -1.41. The predicted octanol–water partition coefficient (Wildman–Crippen LogP) is 3.73. The topological polar surface area (TPSA) is 24.9 Å². The lowest BCUT2D eigenvalue weighted by atomic mass is 9.74. The van der Waals surface area contributed by atoms with Crippen LogP contribution in [0.15, 0.2) is 36.5 Å². The number of nitrogens with zero attached hydrogens (tertiary/aromatic N) is 1. The first-order valence-electron chi connectivity index (χ1n) is 7.38. The van der Waals surface area contributed by atoms with Gasteiger partial charge >= 0.3 is 0 Å². The Balaban J connectivity index is 2.02. The minimum Gasteiger partial charge on any atom is -0.319 e. The largest absolute Gasteiger partial charge is 0.319 e. The first-order chi connectivity index (χ1) is 9.40. The molecule has 0 radical (unpaired) electrons. The fourth-order valence-corrected chi connectivity index (χ4v) is 3.57. The van der Waals surface area contributed by atoms with Gasteiger partial charge in [-0.25, -0.2) is 0 Å². The van der Waals surface area contributed by atoms with Gasteiger partial charge in [0, 0.05) is 11.6 Å². The summed E-state index contributed by atoms with van der Waals surface area (Å²) in [4.78, 5) is 4.49. The van der Waals surface area contributed by atoms with Crippen molar-refractivity contribution in [2.75, 3.05) is 13.6 Å². The minimum absolute atomic E-state index is 0.689. The number of nitrogens with one attached hydrogen (secondary N) is 1. The highest BCUT2D eigenvalue weighted by atomic mass is 14.8. The molecule has 0 aliphatic heterocycles. The Morgan fingerprint density at radius 3 is 2.95 bits per heavy atom. The van der Waals surface area contributed by atoms with Gasteiger partial charge in [0.15, 0.2) is 0 Å². The third-order valence-corrected chi connectivity index (χ3v) is 4.45. The molecule has 3 rings (SSSR count). The molecule has 2 unspecified atom stereocenters.